The Balaban J connectivity index is 1.99. The van der Waals surface area contributed by atoms with E-state index >= 15 is 0 Å². The molecule has 0 aromatic heterocycles. The van der Waals surface area contributed by atoms with Crippen molar-refractivity contribution in [3.05, 3.63) is 29.8 Å². The number of carbonyl (C=O) groups is 1. The Kier molecular flexibility index (Phi) is 4.65. The molecule has 0 radical (unpaired) electrons. The number of esters is 1. The molecule has 0 amide bonds. The average Bonchev–Trinajstić information content (AvgIpc) is 2.44. The zero-order valence-corrected chi connectivity index (χ0v) is 12.6. The molecular formula is C16H23NO3. The van der Waals surface area contributed by atoms with E-state index in [1.54, 1.807) is 31.4 Å². The molecule has 3 atom stereocenters. The van der Waals surface area contributed by atoms with Gasteiger partial charge in [-0.15, -0.1) is 0 Å². The number of carbonyl (C=O) groups excluding carboxylic acids is 1. The maximum absolute atomic E-state index is 12.2. The van der Waals surface area contributed by atoms with Crippen LogP contribution in [0.5, 0.6) is 5.75 Å². The summed E-state index contributed by atoms with van der Waals surface area (Å²) in [6.45, 7) is 5.26. The summed E-state index contributed by atoms with van der Waals surface area (Å²) in [6.07, 6.45) is 0.885. The van der Waals surface area contributed by atoms with E-state index in [2.05, 4.69) is 25.8 Å². The normalized spacial score (nSPS) is 27.1. The molecule has 4 heteroatoms. The van der Waals surface area contributed by atoms with Gasteiger partial charge < -0.3 is 14.4 Å². The number of piperidine rings is 1. The fourth-order valence-electron chi connectivity index (χ4n) is 2.60. The van der Waals surface area contributed by atoms with E-state index in [0.29, 0.717) is 17.5 Å². The molecule has 20 heavy (non-hydrogen) atoms. The predicted octanol–water partition coefficient (Wildman–Crippen LogP) is 2.58. The molecule has 4 nitrogen and oxygen atoms in total. The lowest BCUT2D eigenvalue weighted by molar-refractivity contribution is -0.0196. The molecule has 0 saturated carbocycles. The van der Waals surface area contributed by atoms with Gasteiger partial charge in [-0.25, -0.2) is 4.79 Å². The van der Waals surface area contributed by atoms with Crippen LogP contribution in [0.4, 0.5) is 0 Å². The van der Waals surface area contributed by atoms with Gasteiger partial charge in [-0.3, -0.25) is 0 Å². The maximum Gasteiger partial charge on any atom is 0.338 e. The molecule has 0 spiro atoms. The van der Waals surface area contributed by atoms with Gasteiger partial charge in [0.05, 0.1) is 12.7 Å². The molecule has 2 rings (SSSR count). The van der Waals surface area contributed by atoms with Crippen molar-refractivity contribution < 1.29 is 14.3 Å². The molecule has 0 aliphatic carbocycles. The number of hydrogen-bond donors (Lipinski definition) is 0. The molecule has 1 aromatic rings. The third-order valence-corrected chi connectivity index (χ3v) is 4.12. The first-order valence-corrected chi connectivity index (χ1v) is 7.06. The second-order valence-electron chi connectivity index (χ2n) is 5.67. The van der Waals surface area contributed by atoms with Crippen molar-refractivity contribution in [3.63, 3.8) is 0 Å². The number of likely N-dealkylation sites (tertiary alicyclic amines) is 1. The zero-order chi connectivity index (χ0) is 14.7. The fourth-order valence-corrected chi connectivity index (χ4v) is 2.60. The van der Waals surface area contributed by atoms with Gasteiger partial charge in [0.2, 0.25) is 0 Å². The summed E-state index contributed by atoms with van der Waals surface area (Å²) in [5.74, 6) is 0.850. The molecule has 0 N–H and O–H groups in total. The van der Waals surface area contributed by atoms with Crippen molar-refractivity contribution in [2.45, 2.75) is 32.4 Å². The summed E-state index contributed by atoms with van der Waals surface area (Å²) in [5.41, 5.74) is 0.574. The van der Waals surface area contributed by atoms with Crippen molar-refractivity contribution in [1.82, 2.24) is 4.90 Å². The van der Waals surface area contributed by atoms with Crippen LogP contribution >= 0.6 is 0 Å². The molecule has 0 unspecified atom stereocenters. The number of benzene rings is 1. The topological polar surface area (TPSA) is 38.8 Å². The van der Waals surface area contributed by atoms with Gasteiger partial charge in [-0.2, -0.15) is 0 Å². The van der Waals surface area contributed by atoms with E-state index < -0.39 is 0 Å². The summed E-state index contributed by atoms with van der Waals surface area (Å²) in [6, 6.07) is 7.48. The fraction of sp³-hybridized carbons (Fsp3) is 0.562. The van der Waals surface area contributed by atoms with Crippen molar-refractivity contribution in [2.75, 3.05) is 20.7 Å². The highest BCUT2D eigenvalue weighted by molar-refractivity contribution is 5.89. The lowest BCUT2D eigenvalue weighted by Gasteiger charge is -2.39. The van der Waals surface area contributed by atoms with Crippen molar-refractivity contribution in [1.29, 1.82) is 0 Å². The average molecular weight is 277 g/mol. The van der Waals surface area contributed by atoms with Crippen molar-refractivity contribution in [2.24, 2.45) is 5.92 Å². The lowest BCUT2D eigenvalue weighted by atomic mass is 9.92. The van der Waals surface area contributed by atoms with Gasteiger partial charge >= 0.3 is 5.97 Å². The first-order valence-electron chi connectivity index (χ1n) is 7.06. The van der Waals surface area contributed by atoms with E-state index in [0.717, 1.165) is 18.7 Å². The summed E-state index contributed by atoms with van der Waals surface area (Å²) >= 11 is 0. The molecule has 1 saturated heterocycles. The minimum Gasteiger partial charge on any atom is -0.497 e. The third-order valence-electron chi connectivity index (χ3n) is 4.12. The summed E-state index contributed by atoms with van der Waals surface area (Å²) in [7, 11) is 3.72. The van der Waals surface area contributed by atoms with Crippen LogP contribution < -0.4 is 4.74 Å². The van der Waals surface area contributed by atoms with Gasteiger partial charge in [0.25, 0.3) is 0 Å². The van der Waals surface area contributed by atoms with Crippen LogP contribution in [0, 0.1) is 5.92 Å². The summed E-state index contributed by atoms with van der Waals surface area (Å²) in [4.78, 5) is 14.5. The van der Waals surface area contributed by atoms with Gasteiger partial charge in [0.1, 0.15) is 11.9 Å². The highest BCUT2D eigenvalue weighted by Gasteiger charge is 2.31. The van der Waals surface area contributed by atoms with Crippen LogP contribution in [0.2, 0.25) is 0 Å². The molecule has 1 aliphatic rings. The first-order chi connectivity index (χ1) is 9.51. The Labute approximate surface area is 120 Å². The minimum absolute atomic E-state index is 0.00389. The monoisotopic (exact) mass is 277 g/mol. The van der Waals surface area contributed by atoms with Crippen LogP contribution in [-0.2, 0) is 4.74 Å². The SMILES string of the molecule is COc1ccc(C(=O)O[C@@H]2C[C@H](C)N(C)C[C@H]2C)cc1. The standard InChI is InChI=1S/C16H23NO3/c1-11-10-17(3)12(2)9-15(11)20-16(18)13-5-7-14(19-4)8-6-13/h5-8,11-12,15H,9-10H2,1-4H3/t11-,12+,15-/m1/s1. The Morgan fingerprint density at radius 1 is 1.25 bits per heavy atom. The van der Waals surface area contributed by atoms with Gasteiger partial charge in [-0.1, -0.05) is 6.92 Å². The summed E-state index contributed by atoms with van der Waals surface area (Å²) < 4.78 is 10.8. The highest BCUT2D eigenvalue weighted by Crippen LogP contribution is 2.24. The molecular weight excluding hydrogens is 254 g/mol. The Morgan fingerprint density at radius 3 is 2.50 bits per heavy atom. The van der Waals surface area contributed by atoms with E-state index in [1.165, 1.54) is 0 Å². The third kappa shape index (κ3) is 3.31. The van der Waals surface area contributed by atoms with Crippen molar-refractivity contribution in [3.8, 4) is 5.75 Å². The largest absolute Gasteiger partial charge is 0.497 e. The second kappa shape index (κ2) is 6.27. The van der Waals surface area contributed by atoms with Gasteiger partial charge in [0, 0.05) is 18.5 Å². The van der Waals surface area contributed by atoms with E-state index in [4.69, 9.17) is 9.47 Å². The zero-order valence-electron chi connectivity index (χ0n) is 12.6. The predicted molar refractivity (Wildman–Crippen MR) is 78.1 cm³/mol. The summed E-state index contributed by atoms with van der Waals surface area (Å²) in [5, 5.41) is 0. The molecule has 1 fully saturated rings. The Bertz CT molecular complexity index is 457. The van der Waals surface area contributed by atoms with Gasteiger partial charge in [-0.05, 0) is 44.7 Å². The maximum atomic E-state index is 12.2. The van der Waals surface area contributed by atoms with Crippen molar-refractivity contribution >= 4 is 5.97 Å². The van der Waals surface area contributed by atoms with Crippen LogP contribution in [0.25, 0.3) is 0 Å². The lowest BCUT2D eigenvalue weighted by Crippen LogP contribution is -2.46. The molecule has 1 aliphatic heterocycles. The van der Waals surface area contributed by atoms with Crippen LogP contribution in [0.15, 0.2) is 24.3 Å². The number of nitrogens with zero attached hydrogens (tertiary/aromatic N) is 1. The minimum atomic E-state index is -0.249. The van der Waals surface area contributed by atoms with Gasteiger partial charge in [0.15, 0.2) is 0 Å². The highest BCUT2D eigenvalue weighted by atomic mass is 16.5. The Hall–Kier alpha value is -1.55. The number of ether oxygens (including phenoxy) is 2. The van der Waals surface area contributed by atoms with E-state index in [-0.39, 0.29) is 12.1 Å². The number of hydrogen-bond acceptors (Lipinski definition) is 4. The molecule has 110 valence electrons. The quantitative estimate of drug-likeness (QED) is 0.796. The molecule has 1 heterocycles. The van der Waals surface area contributed by atoms with Crippen LogP contribution in [0.1, 0.15) is 30.6 Å². The smallest absolute Gasteiger partial charge is 0.338 e. The van der Waals surface area contributed by atoms with E-state index in [9.17, 15) is 4.79 Å². The molecule has 1 aromatic carbocycles. The number of methoxy groups -OCH3 is 1. The molecule has 0 bridgehead atoms. The number of rotatable bonds is 3. The van der Waals surface area contributed by atoms with Crippen LogP contribution in [0.3, 0.4) is 0 Å². The van der Waals surface area contributed by atoms with Crippen LogP contribution in [-0.4, -0.2) is 43.7 Å². The second-order valence-corrected chi connectivity index (χ2v) is 5.67. The van der Waals surface area contributed by atoms with E-state index in [1.807, 2.05) is 0 Å². The Morgan fingerprint density at radius 2 is 1.90 bits per heavy atom. The first kappa shape index (κ1) is 14.9.